The first kappa shape index (κ1) is 30.4. The Morgan fingerprint density at radius 2 is 1.73 bits per heavy atom. The van der Waals surface area contributed by atoms with Gasteiger partial charge in [-0.25, -0.2) is 8.42 Å². The average molecular weight is 598 g/mol. The molecule has 8 nitrogen and oxygen atoms in total. The number of aryl methyl sites for hydroxylation is 1. The average Bonchev–Trinajstić information content (AvgIpc) is 3.49. The number of nitrogens with one attached hydrogen (secondary N) is 1. The molecule has 1 aliphatic rings. The van der Waals surface area contributed by atoms with Gasteiger partial charge in [0.05, 0.1) is 17.7 Å². The maximum absolute atomic E-state index is 14.1. The Bertz CT molecular complexity index is 1480. The van der Waals surface area contributed by atoms with Crippen LogP contribution in [0.5, 0.6) is 5.75 Å². The number of anilines is 1. The van der Waals surface area contributed by atoms with Crippen LogP contribution >= 0.6 is 11.6 Å². The highest BCUT2D eigenvalue weighted by Crippen LogP contribution is 2.29. The Hall–Kier alpha value is -3.56. The van der Waals surface area contributed by atoms with E-state index in [2.05, 4.69) is 5.32 Å². The van der Waals surface area contributed by atoms with E-state index in [1.165, 1.54) is 23.1 Å². The molecule has 0 radical (unpaired) electrons. The number of sulfonamides is 1. The van der Waals surface area contributed by atoms with E-state index in [9.17, 15) is 18.0 Å². The van der Waals surface area contributed by atoms with E-state index in [-0.39, 0.29) is 29.1 Å². The van der Waals surface area contributed by atoms with Crippen molar-refractivity contribution in [2.75, 3.05) is 18.0 Å². The largest absolute Gasteiger partial charge is 0.497 e. The summed E-state index contributed by atoms with van der Waals surface area (Å²) in [6, 6.07) is 19.2. The minimum Gasteiger partial charge on any atom is -0.497 e. The smallest absolute Gasteiger partial charge is 0.264 e. The topological polar surface area (TPSA) is 96.0 Å². The van der Waals surface area contributed by atoms with Crippen LogP contribution in [0, 0.1) is 6.92 Å². The predicted octanol–water partition coefficient (Wildman–Crippen LogP) is 5.33. The van der Waals surface area contributed by atoms with Crippen molar-refractivity contribution in [3.05, 3.63) is 88.9 Å². The van der Waals surface area contributed by atoms with E-state index >= 15 is 0 Å². The normalized spacial score (nSPS) is 14.3. The van der Waals surface area contributed by atoms with Gasteiger partial charge < -0.3 is 15.0 Å². The first-order chi connectivity index (χ1) is 19.6. The number of carbonyl (C=O) groups excluding carboxylic acids is 2. The van der Waals surface area contributed by atoms with Crippen LogP contribution in [0.1, 0.15) is 43.7 Å². The van der Waals surface area contributed by atoms with E-state index in [0.29, 0.717) is 10.8 Å². The maximum Gasteiger partial charge on any atom is 0.264 e. The van der Waals surface area contributed by atoms with Gasteiger partial charge in [0.15, 0.2) is 0 Å². The molecule has 3 aromatic carbocycles. The Labute approximate surface area is 247 Å². The molecule has 0 unspecified atom stereocenters. The summed E-state index contributed by atoms with van der Waals surface area (Å²) in [4.78, 5) is 28.9. The molecule has 218 valence electrons. The van der Waals surface area contributed by atoms with Gasteiger partial charge in [-0.1, -0.05) is 60.8 Å². The van der Waals surface area contributed by atoms with Crippen LogP contribution in [0.15, 0.2) is 77.7 Å². The highest BCUT2D eigenvalue weighted by molar-refractivity contribution is 7.92. The Morgan fingerprint density at radius 1 is 1.02 bits per heavy atom. The number of rotatable bonds is 11. The first-order valence-electron chi connectivity index (χ1n) is 13.7. The highest BCUT2D eigenvalue weighted by atomic mass is 35.5. The Balaban J connectivity index is 1.70. The molecule has 1 aliphatic carbocycles. The molecule has 1 saturated carbocycles. The van der Waals surface area contributed by atoms with Crippen molar-refractivity contribution in [1.29, 1.82) is 0 Å². The molecule has 0 bridgehead atoms. The number of benzene rings is 3. The lowest BCUT2D eigenvalue weighted by atomic mass is 10.1. The van der Waals surface area contributed by atoms with E-state index < -0.39 is 28.5 Å². The lowest BCUT2D eigenvalue weighted by Gasteiger charge is -2.32. The first-order valence-corrected chi connectivity index (χ1v) is 15.5. The Morgan fingerprint density at radius 3 is 2.39 bits per heavy atom. The molecule has 0 heterocycles. The van der Waals surface area contributed by atoms with Crippen LogP contribution in [0.4, 0.5) is 5.69 Å². The Kier molecular flexibility index (Phi) is 9.94. The van der Waals surface area contributed by atoms with Gasteiger partial charge in [0.25, 0.3) is 10.0 Å². The third-order valence-electron chi connectivity index (χ3n) is 7.41. The van der Waals surface area contributed by atoms with Crippen LogP contribution < -0.4 is 14.4 Å². The van der Waals surface area contributed by atoms with Crippen molar-refractivity contribution in [2.45, 2.75) is 63.1 Å². The molecular formula is C31H36ClN3O5S. The zero-order chi connectivity index (χ0) is 29.6. The summed E-state index contributed by atoms with van der Waals surface area (Å²) in [5.74, 6) is -0.192. The molecule has 10 heteroatoms. The molecule has 0 aliphatic heterocycles. The fourth-order valence-electron chi connectivity index (χ4n) is 4.93. The van der Waals surface area contributed by atoms with Gasteiger partial charge in [0, 0.05) is 17.6 Å². The second kappa shape index (κ2) is 13.4. The lowest BCUT2D eigenvalue weighted by Crippen LogP contribution is -2.52. The van der Waals surface area contributed by atoms with Crippen molar-refractivity contribution in [3.8, 4) is 5.75 Å². The molecule has 0 spiro atoms. The number of carbonyl (C=O) groups is 2. The molecule has 2 amide bonds. The van der Waals surface area contributed by atoms with E-state index in [0.717, 1.165) is 41.1 Å². The molecule has 41 heavy (non-hydrogen) atoms. The number of hydrogen-bond donors (Lipinski definition) is 1. The quantitative estimate of drug-likeness (QED) is 0.322. The summed E-state index contributed by atoms with van der Waals surface area (Å²) in [6.07, 6.45) is 3.91. The van der Waals surface area contributed by atoms with E-state index in [4.69, 9.17) is 16.3 Å². The molecule has 1 atom stereocenters. The molecule has 3 aromatic rings. The third kappa shape index (κ3) is 7.40. The number of methoxy groups -OCH3 is 1. The van der Waals surface area contributed by atoms with Crippen molar-refractivity contribution in [3.63, 3.8) is 0 Å². The third-order valence-corrected chi connectivity index (χ3v) is 9.60. The minimum absolute atomic E-state index is 0.0378. The van der Waals surface area contributed by atoms with Crippen molar-refractivity contribution in [2.24, 2.45) is 0 Å². The van der Waals surface area contributed by atoms with Crippen molar-refractivity contribution in [1.82, 2.24) is 10.2 Å². The van der Waals surface area contributed by atoms with Gasteiger partial charge in [-0.3, -0.25) is 13.9 Å². The van der Waals surface area contributed by atoms with Gasteiger partial charge >= 0.3 is 0 Å². The molecule has 4 rings (SSSR count). The summed E-state index contributed by atoms with van der Waals surface area (Å²) in [6.45, 7) is 3.04. The minimum atomic E-state index is -4.15. The molecular weight excluding hydrogens is 562 g/mol. The van der Waals surface area contributed by atoms with Crippen molar-refractivity contribution < 1.29 is 22.7 Å². The summed E-state index contributed by atoms with van der Waals surface area (Å²) >= 11 is 6.38. The van der Waals surface area contributed by atoms with Crippen LogP contribution in [0.3, 0.4) is 0 Å². The SMILES string of the molecule is COc1cccc(CN(C(=O)CN(c2ccc(C)c(Cl)c2)S(=O)(=O)c2ccccc2)[C@H](C)C(=O)NC2CCCC2)c1. The van der Waals surface area contributed by atoms with E-state index in [1.807, 2.05) is 13.0 Å². The van der Waals surface area contributed by atoms with Crippen LogP contribution in [-0.4, -0.2) is 50.9 Å². The molecule has 0 aromatic heterocycles. The van der Waals surface area contributed by atoms with E-state index in [1.54, 1.807) is 62.6 Å². The molecule has 1 fully saturated rings. The molecule has 1 N–H and O–H groups in total. The number of ether oxygens (including phenoxy) is 1. The second-order valence-electron chi connectivity index (χ2n) is 10.3. The zero-order valence-electron chi connectivity index (χ0n) is 23.5. The van der Waals surface area contributed by atoms with Crippen LogP contribution in [0.25, 0.3) is 0 Å². The van der Waals surface area contributed by atoms with Crippen LogP contribution in [0.2, 0.25) is 5.02 Å². The van der Waals surface area contributed by atoms with Gasteiger partial charge in [-0.2, -0.15) is 0 Å². The fraction of sp³-hybridized carbons (Fsp3) is 0.355. The second-order valence-corrected chi connectivity index (χ2v) is 12.6. The van der Waals surface area contributed by atoms with Gasteiger partial charge in [0.2, 0.25) is 11.8 Å². The number of amides is 2. The molecule has 0 saturated heterocycles. The van der Waals surface area contributed by atoms with Gasteiger partial charge in [0.1, 0.15) is 18.3 Å². The number of nitrogens with zero attached hydrogens (tertiary/aromatic N) is 2. The monoisotopic (exact) mass is 597 g/mol. The lowest BCUT2D eigenvalue weighted by molar-refractivity contribution is -0.139. The highest BCUT2D eigenvalue weighted by Gasteiger charge is 2.33. The fourth-order valence-corrected chi connectivity index (χ4v) is 6.53. The van der Waals surface area contributed by atoms with Crippen molar-refractivity contribution >= 4 is 39.1 Å². The predicted molar refractivity (Wildman–Crippen MR) is 161 cm³/mol. The van der Waals surface area contributed by atoms with Gasteiger partial charge in [-0.15, -0.1) is 0 Å². The van der Waals surface area contributed by atoms with Gasteiger partial charge in [-0.05, 0) is 74.2 Å². The zero-order valence-corrected chi connectivity index (χ0v) is 25.1. The summed E-state index contributed by atoms with van der Waals surface area (Å²) in [5, 5.41) is 3.45. The summed E-state index contributed by atoms with van der Waals surface area (Å²) in [7, 11) is -2.60. The summed E-state index contributed by atoms with van der Waals surface area (Å²) in [5.41, 5.74) is 1.77. The number of hydrogen-bond acceptors (Lipinski definition) is 5. The van der Waals surface area contributed by atoms with Crippen LogP contribution in [-0.2, 0) is 26.2 Å². The standard InChI is InChI=1S/C31H36ClN3O5S/c1-22-16-17-26(19-29(22)32)35(41(38,39)28-14-5-4-6-15-28)21-30(36)34(20-24-10-9-13-27(18-24)40-3)23(2)31(37)33-25-11-7-8-12-25/h4-6,9-10,13-19,23,25H,7-8,11-12,20-21H2,1-3H3,(H,33,37)/t23-/m1/s1. The number of halogens is 1. The summed E-state index contributed by atoms with van der Waals surface area (Å²) < 4.78 is 34.2. The maximum atomic E-state index is 14.1.